The molecule has 8 nitrogen and oxygen atoms in total. The summed E-state index contributed by atoms with van der Waals surface area (Å²) < 4.78 is 0. The van der Waals surface area contributed by atoms with Gasteiger partial charge in [-0.05, 0) is 12.1 Å². The van der Waals surface area contributed by atoms with Gasteiger partial charge in [0.25, 0.3) is 11.4 Å². The van der Waals surface area contributed by atoms with Gasteiger partial charge in [-0.3, -0.25) is 25.7 Å². The van der Waals surface area contributed by atoms with Crippen molar-refractivity contribution >= 4 is 34.9 Å². The Balaban J connectivity index is 2.22. The summed E-state index contributed by atoms with van der Waals surface area (Å²) in [6.07, 6.45) is 1.26. The predicted molar refractivity (Wildman–Crippen MR) is 82.4 cm³/mol. The van der Waals surface area contributed by atoms with Gasteiger partial charge >= 0.3 is 0 Å². The van der Waals surface area contributed by atoms with Crippen LogP contribution in [0, 0.1) is 20.2 Å². The fourth-order valence-corrected chi connectivity index (χ4v) is 1.81. The number of nitrogens with zero attached hydrogens (tertiary/aromatic N) is 3. The summed E-state index contributed by atoms with van der Waals surface area (Å²) in [6, 6.07) is 9.88. The molecule has 0 radical (unpaired) electrons. The number of nitrogens with one attached hydrogen (secondary N) is 1. The number of para-hydroxylation sites is 2. The van der Waals surface area contributed by atoms with Crippen LogP contribution < -0.4 is 5.43 Å². The van der Waals surface area contributed by atoms with Crippen LogP contribution in [0.15, 0.2) is 47.6 Å². The molecule has 0 fully saturated rings. The van der Waals surface area contributed by atoms with Gasteiger partial charge in [0.05, 0.1) is 16.1 Å². The molecule has 0 aliphatic rings. The van der Waals surface area contributed by atoms with E-state index in [4.69, 9.17) is 11.6 Å². The molecule has 1 N–H and O–H groups in total. The molecule has 0 heterocycles. The first-order valence-electron chi connectivity index (χ1n) is 5.95. The van der Waals surface area contributed by atoms with Crippen molar-refractivity contribution in [3.8, 4) is 0 Å². The van der Waals surface area contributed by atoms with Crippen LogP contribution in [0.4, 0.5) is 17.1 Å². The van der Waals surface area contributed by atoms with Crippen LogP contribution in [0.25, 0.3) is 0 Å². The number of benzene rings is 2. The molecule has 112 valence electrons. The lowest BCUT2D eigenvalue weighted by Gasteiger charge is -2.02. The molecule has 0 atom stereocenters. The first-order chi connectivity index (χ1) is 10.5. The van der Waals surface area contributed by atoms with Crippen molar-refractivity contribution in [2.24, 2.45) is 5.10 Å². The van der Waals surface area contributed by atoms with Crippen LogP contribution in [0.1, 0.15) is 5.56 Å². The lowest BCUT2D eigenvalue weighted by molar-refractivity contribution is -0.384. The van der Waals surface area contributed by atoms with E-state index in [1.54, 1.807) is 6.07 Å². The molecule has 0 bridgehead atoms. The van der Waals surface area contributed by atoms with Crippen molar-refractivity contribution in [3.05, 3.63) is 73.3 Å². The Kier molecular flexibility index (Phi) is 4.64. The van der Waals surface area contributed by atoms with E-state index >= 15 is 0 Å². The maximum absolute atomic E-state index is 10.8. The van der Waals surface area contributed by atoms with Crippen LogP contribution in [0.5, 0.6) is 0 Å². The number of hydrogen-bond acceptors (Lipinski definition) is 6. The van der Waals surface area contributed by atoms with Gasteiger partial charge in [-0.2, -0.15) is 5.10 Å². The molecule has 22 heavy (non-hydrogen) atoms. The highest BCUT2D eigenvalue weighted by Crippen LogP contribution is 2.24. The number of anilines is 1. The highest BCUT2D eigenvalue weighted by molar-refractivity contribution is 6.33. The predicted octanol–water partition coefficient (Wildman–Crippen LogP) is 3.60. The molecule has 0 amide bonds. The second kappa shape index (κ2) is 6.64. The van der Waals surface area contributed by atoms with Crippen molar-refractivity contribution in [3.63, 3.8) is 0 Å². The Bertz CT molecular complexity index is 763. The quantitative estimate of drug-likeness (QED) is 0.514. The monoisotopic (exact) mass is 320 g/mol. The Morgan fingerprint density at radius 1 is 1.09 bits per heavy atom. The minimum absolute atomic E-state index is 0.128. The fourth-order valence-electron chi connectivity index (χ4n) is 1.64. The zero-order chi connectivity index (χ0) is 16.1. The fraction of sp³-hybridized carbons (Fsp3) is 0. The van der Waals surface area contributed by atoms with E-state index in [9.17, 15) is 20.2 Å². The number of nitro groups is 2. The van der Waals surface area contributed by atoms with Gasteiger partial charge in [0.1, 0.15) is 5.69 Å². The van der Waals surface area contributed by atoms with Crippen LogP contribution >= 0.6 is 11.6 Å². The molecule has 0 aromatic heterocycles. The van der Waals surface area contributed by atoms with Gasteiger partial charge in [0.2, 0.25) is 0 Å². The molecule has 0 aliphatic carbocycles. The second-order valence-electron chi connectivity index (χ2n) is 4.11. The summed E-state index contributed by atoms with van der Waals surface area (Å²) in [4.78, 5) is 20.5. The molecule has 0 unspecified atom stereocenters. The van der Waals surface area contributed by atoms with E-state index in [0.717, 1.165) is 0 Å². The number of halogens is 1. The topological polar surface area (TPSA) is 111 Å². The third-order valence-corrected chi connectivity index (χ3v) is 3.02. The number of non-ortho nitro benzene ring substituents is 1. The Morgan fingerprint density at radius 3 is 2.50 bits per heavy atom. The maximum Gasteiger partial charge on any atom is 0.294 e. The van der Waals surface area contributed by atoms with Gasteiger partial charge in [0, 0.05) is 28.8 Å². The summed E-state index contributed by atoms with van der Waals surface area (Å²) in [6.45, 7) is 0. The zero-order valence-corrected chi connectivity index (χ0v) is 11.7. The maximum atomic E-state index is 10.8. The van der Waals surface area contributed by atoms with E-state index in [1.165, 1.54) is 42.6 Å². The molecule has 2 aromatic carbocycles. The molecule has 0 saturated carbocycles. The second-order valence-corrected chi connectivity index (χ2v) is 4.51. The van der Waals surface area contributed by atoms with E-state index in [2.05, 4.69) is 10.5 Å². The first-order valence-corrected chi connectivity index (χ1v) is 6.33. The largest absolute Gasteiger partial charge is 0.294 e. The summed E-state index contributed by atoms with van der Waals surface area (Å²) in [5.74, 6) is 0. The Labute approximate surface area is 129 Å². The van der Waals surface area contributed by atoms with Crippen LogP contribution in [-0.4, -0.2) is 16.1 Å². The molecule has 2 rings (SSSR count). The van der Waals surface area contributed by atoms with Gasteiger partial charge < -0.3 is 0 Å². The molecule has 2 aromatic rings. The highest BCUT2D eigenvalue weighted by atomic mass is 35.5. The molecule has 0 saturated heterocycles. The highest BCUT2D eigenvalue weighted by Gasteiger charge is 2.11. The van der Waals surface area contributed by atoms with E-state index in [0.29, 0.717) is 5.56 Å². The van der Waals surface area contributed by atoms with Gasteiger partial charge in [-0.25, -0.2) is 0 Å². The summed E-state index contributed by atoms with van der Waals surface area (Å²) in [7, 11) is 0. The summed E-state index contributed by atoms with van der Waals surface area (Å²) in [5, 5.41) is 25.7. The van der Waals surface area contributed by atoms with Crippen molar-refractivity contribution in [2.75, 3.05) is 5.43 Å². The average Bonchev–Trinajstić information content (AvgIpc) is 2.49. The first kappa shape index (κ1) is 15.4. The van der Waals surface area contributed by atoms with E-state index < -0.39 is 9.85 Å². The van der Waals surface area contributed by atoms with Crippen molar-refractivity contribution in [1.82, 2.24) is 0 Å². The zero-order valence-electron chi connectivity index (χ0n) is 11.0. The lowest BCUT2D eigenvalue weighted by atomic mass is 10.2. The van der Waals surface area contributed by atoms with Crippen LogP contribution in [-0.2, 0) is 0 Å². The summed E-state index contributed by atoms with van der Waals surface area (Å²) in [5.41, 5.74) is 2.78. The van der Waals surface area contributed by atoms with Crippen LogP contribution in [0.2, 0.25) is 5.02 Å². The molecule has 0 spiro atoms. The number of hydrogen-bond donors (Lipinski definition) is 1. The minimum atomic E-state index is -0.552. The third kappa shape index (κ3) is 3.55. The van der Waals surface area contributed by atoms with E-state index in [1.807, 2.05) is 0 Å². The van der Waals surface area contributed by atoms with Gasteiger partial charge in [-0.15, -0.1) is 0 Å². The van der Waals surface area contributed by atoms with E-state index in [-0.39, 0.29) is 22.1 Å². The molecular weight excluding hydrogens is 312 g/mol. The Hall–Kier alpha value is -3.00. The number of nitro benzene ring substituents is 2. The smallest absolute Gasteiger partial charge is 0.272 e. The van der Waals surface area contributed by atoms with Crippen molar-refractivity contribution in [2.45, 2.75) is 0 Å². The standard InChI is InChI=1S/C13H9ClN4O4/c14-11-6-5-10(17(19)20)7-9(11)8-15-16-12-3-1-2-4-13(12)18(21)22/h1-8,16H/b15-8+. The normalized spacial score (nSPS) is 10.6. The molecule has 9 heteroatoms. The van der Waals surface area contributed by atoms with Crippen LogP contribution in [0.3, 0.4) is 0 Å². The number of rotatable bonds is 5. The van der Waals surface area contributed by atoms with Gasteiger partial charge in [0.15, 0.2) is 0 Å². The SMILES string of the molecule is O=[N+]([O-])c1ccc(Cl)c(/C=N/Nc2ccccc2[N+](=O)[O-])c1. The van der Waals surface area contributed by atoms with Gasteiger partial charge in [-0.1, -0.05) is 23.7 Å². The Morgan fingerprint density at radius 2 is 1.82 bits per heavy atom. The minimum Gasteiger partial charge on any atom is -0.272 e. The van der Waals surface area contributed by atoms with Crippen molar-refractivity contribution < 1.29 is 9.85 Å². The lowest BCUT2D eigenvalue weighted by Crippen LogP contribution is -1.97. The molecular formula is C13H9ClN4O4. The molecule has 0 aliphatic heterocycles. The van der Waals surface area contributed by atoms with Crippen molar-refractivity contribution in [1.29, 1.82) is 0 Å². The summed E-state index contributed by atoms with van der Waals surface area (Å²) >= 11 is 5.91. The average molecular weight is 321 g/mol. The third-order valence-electron chi connectivity index (χ3n) is 2.68. The number of hydrazone groups is 1.